The van der Waals surface area contributed by atoms with Gasteiger partial charge in [0.1, 0.15) is 11.4 Å². The molecular formula is C24H34N2O5. The minimum Gasteiger partial charge on any atom is -0.493 e. The van der Waals surface area contributed by atoms with Crippen LogP contribution in [0.1, 0.15) is 51.5 Å². The van der Waals surface area contributed by atoms with Gasteiger partial charge in [0.15, 0.2) is 0 Å². The van der Waals surface area contributed by atoms with Gasteiger partial charge >= 0.3 is 6.09 Å². The van der Waals surface area contributed by atoms with Crippen LogP contribution in [0.2, 0.25) is 0 Å². The molecule has 0 aliphatic carbocycles. The zero-order valence-electron chi connectivity index (χ0n) is 18.8. The molecule has 0 saturated carbocycles. The highest BCUT2D eigenvalue weighted by Crippen LogP contribution is 2.50. The summed E-state index contributed by atoms with van der Waals surface area (Å²) in [4.78, 5) is 26.7. The molecule has 0 radical (unpaired) electrons. The van der Waals surface area contributed by atoms with Gasteiger partial charge in [-0.15, -0.1) is 0 Å². The van der Waals surface area contributed by atoms with Crippen molar-refractivity contribution in [2.24, 2.45) is 11.3 Å². The summed E-state index contributed by atoms with van der Waals surface area (Å²) >= 11 is 0. The maximum atomic E-state index is 12.5. The van der Waals surface area contributed by atoms with Gasteiger partial charge in [0.25, 0.3) is 0 Å². The SMILES string of the molecule is CC(C)(C)OC(=O)N1CCC2(CC1)CC(=O)NC[C@@H]2c1ccccc1OCC1COC1. The quantitative estimate of drug-likeness (QED) is 0.793. The molecule has 1 N–H and O–H groups in total. The number of nitrogens with zero attached hydrogens (tertiary/aromatic N) is 1. The Morgan fingerprint density at radius 2 is 1.94 bits per heavy atom. The molecule has 31 heavy (non-hydrogen) atoms. The second-order valence-electron chi connectivity index (χ2n) is 10.1. The maximum absolute atomic E-state index is 12.5. The van der Waals surface area contributed by atoms with Gasteiger partial charge < -0.3 is 24.4 Å². The predicted octanol–water partition coefficient (Wildman–Crippen LogP) is 3.33. The van der Waals surface area contributed by atoms with Crippen LogP contribution in [-0.4, -0.2) is 62.0 Å². The van der Waals surface area contributed by atoms with Gasteiger partial charge in [-0.1, -0.05) is 18.2 Å². The lowest BCUT2D eigenvalue weighted by molar-refractivity contribution is -0.128. The van der Waals surface area contributed by atoms with Crippen molar-refractivity contribution in [2.45, 2.75) is 51.6 Å². The number of ether oxygens (including phenoxy) is 3. The molecule has 3 aliphatic heterocycles. The number of likely N-dealkylation sites (tertiary alicyclic amines) is 1. The van der Waals surface area contributed by atoms with Gasteiger partial charge in [-0.3, -0.25) is 4.79 Å². The number of para-hydroxylation sites is 1. The van der Waals surface area contributed by atoms with E-state index >= 15 is 0 Å². The minimum atomic E-state index is -0.513. The highest BCUT2D eigenvalue weighted by molar-refractivity contribution is 5.78. The lowest BCUT2D eigenvalue weighted by Gasteiger charge is -2.49. The number of hydrogen-bond acceptors (Lipinski definition) is 5. The molecule has 1 spiro atoms. The summed E-state index contributed by atoms with van der Waals surface area (Å²) in [6, 6.07) is 8.18. The van der Waals surface area contributed by atoms with Crippen molar-refractivity contribution in [1.82, 2.24) is 10.2 Å². The topological polar surface area (TPSA) is 77.1 Å². The van der Waals surface area contributed by atoms with E-state index in [-0.39, 0.29) is 23.3 Å². The van der Waals surface area contributed by atoms with Crippen LogP contribution in [0.5, 0.6) is 5.75 Å². The van der Waals surface area contributed by atoms with Gasteiger partial charge in [-0.2, -0.15) is 0 Å². The van der Waals surface area contributed by atoms with E-state index in [4.69, 9.17) is 14.2 Å². The molecule has 4 rings (SSSR count). The number of nitrogens with one attached hydrogen (secondary N) is 1. The lowest BCUT2D eigenvalue weighted by atomic mass is 9.62. The minimum absolute atomic E-state index is 0.0898. The highest BCUT2D eigenvalue weighted by Gasteiger charge is 2.48. The van der Waals surface area contributed by atoms with Crippen LogP contribution < -0.4 is 10.1 Å². The number of amides is 2. The van der Waals surface area contributed by atoms with Crippen LogP contribution in [-0.2, 0) is 14.3 Å². The number of hydrogen-bond donors (Lipinski definition) is 1. The second-order valence-corrected chi connectivity index (χ2v) is 10.1. The summed E-state index contributed by atoms with van der Waals surface area (Å²) < 4.78 is 17.0. The summed E-state index contributed by atoms with van der Waals surface area (Å²) in [7, 11) is 0. The molecule has 2 amide bonds. The van der Waals surface area contributed by atoms with E-state index in [1.165, 1.54) is 0 Å². The number of benzene rings is 1. The Morgan fingerprint density at radius 3 is 2.58 bits per heavy atom. The Balaban J connectivity index is 1.50. The Kier molecular flexibility index (Phi) is 6.15. The van der Waals surface area contributed by atoms with Crippen molar-refractivity contribution < 1.29 is 23.8 Å². The zero-order chi connectivity index (χ0) is 22.1. The third-order valence-corrected chi connectivity index (χ3v) is 6.64. The third-order valence-electron chi connectivity index (χ3n) is 6.64. The molecule has 1 aromatic carbocycles. The molecule has 0 bridgehead atoms. The molecule has 7 nitrogen and oxygen atoms in total. The lowest BCUT2D eigenvalue weighted by Crippen LogP contribution is -2.53. The first-order valence-corrected chi connectivity index (χ1v) is 11.3. The normalized spacial score (nSPS) is 23.8. The summed E-state index contributed by atoms with van der Waals surface area (Å²) in [5.74, 6) is 1.58. The van der Waals surface area contributed by atoms with Crippen molar-refractivity contribution in [3.63, 3.8) is 0 Å². The largest absolute Gasteiger partial charge is 0.493 e. The summed E-state index contributed by atoms with van der Waals surface area (Å²) in [5, 5.41) is 3.06. The fourth-order valence-corrected chi connectivity index (χ4v) is 4.85. The van der Waals surface area contributed by atoms with Gasteiger partial charge in [-0.05, 0) is 50.7 Å². The number of carbonyl (C=O) groups is 2. The van der Waals surface area contributed by atoms with Crippen LogP contribution in [0.15, 0.2) is 24.3 Å². The molecule has 3 heterocycles. The molecular weight excluding hydrogens is 396 g/mol. The Hall–Kier alpha value is -2.28. The van der Waals surface area contributed by atoms with Gasteiger partial charge in [0.05, 0.1) is 19.8 Å². The first-order valence-electron chi connectivity index (χ1n) is 11.3. The van der Waals surface area contributed by atoms with Gasteiger partial charge in [-0.25, -0.2) is 4.79 Å². The van der Waals surface area contributed by atoms with E-state index in [2.05, 4.69) is 11.4 Å². The fourth-order valence-electron chi connectivity index (χ4n) is 4.85. The Morgan fingerprint density at radius 1 is 1.23 bits per heavy atom. The highest BCUT2D eigenvalue weighted by atomic mass is 16.6. The van der Waals surface area contributed by atoms with Crippen LogP contribution in [0.25, 0.3) is 0 Å². The second kappa shape index (κ2) is 8.69. The first kappa shape index (κ1) is 21.9. The third kappa shape index (κ3) is 4.97. The van der Waals surface area contributed by atoms with E-state index in [9.17, 15) is 9.59 Å². The molecule has 7 heteroatoms. The van der Waals surface area contributed by atoms with Gasteiger partial charge in [0, 0.05) is 37.9 Å². The Labute approximate surface area is 184 Å². The van der Waals surface area contributed by atoms with Crippen molar-refractivity contribution >= 4 is 12.0 Å². The van der Waals surface area contributed by atoms with Crippen LogP contribution in [0.4, 0.5) is 4.79 Å². The average Bonchev–Trinajstić information content (AvgIpc) is 2.67. The molecule has 1 atom stereocenters. The molecule has 170 valence electrons. The van der Waals surface area contributed by atoms with E-state index in [0.29, 0.717) is 38.6 Å². The summed E-state index contributed by atoms with van der Waals surface area (Å²) in [5.41, 5.74) is 0.453. The predicted molar refractivity (Wildman–Crippen MR) is 116 cm³/mol. The Bertz CT molecular complexity index is 806. The summed E-state index contributed by atoms with van der Waals surface area (Å²) in [6.07, 6.45) is 1.75. The number of piperidine rings is 2. The monoisotopic (exact) mass is 430 g/mol. The number of rotatable bonds is 4. The van der Waals surface area contributed by atoms with Crippen LogP contribution in [0, 0.1) is 11.3 Å². The fraction of sp³-hybridized carbons (Fsp3) is 0.667. The summed E-state index contributed by atoms with van der Waals surface area (Å²) in [6.45, 7) is 9.59. The molecule has 3 fully saturated rings. The van der Waals surface area contributed by atoms with Crippen LogP contribution >= 0.6 is 0 Å². The molecule has 3 aliphatic rings. The molecule has 1 aromatic rings. The first-order chi connectivity index (χ1) is 14.8. The molecule has 0 aromatic heterocycles. The van der Waals surface area contributed by atoms with Gasteiger partial charge in [0.2, 0.25) is 5.91 Å². The van der Waals surface area contributed by atoms with E-state index in [1.807, 2.05) is 39.0 Å². The van der Waals surface area contributed by atoms with Crippen molar-refractivity contribution in [2.75, 3.05) is 39.5 Å². The van der Waals surface area contributed by atoms with Crippen molar-refractivity contribution in [3.05, 3.63) is 29.8 Å². The number of carbonyl (C=O) groups excluding carboxylic acids is 2. The zero-order valence-corrected chi connectivity index (χ0v) is 18.8. The maximum Gasteiger partial charge on any atom is 0.410 e. The van der Waals surface area contributed by atoms with E-state index < -0.39 is 5.60 Å². The van der Waals surface area contributed by atoms with Crippen molar-refractivity contribution in [1.29, 1.82) is 0 Å². The molecule has 0 unspecified atom stereocenters. The smallest absolute Gasteiger partial charge is 0.410 e. The van der Waals surface area contributed by atoms with Crippen molar-refractivity contribution in [3.8, 4) is 5.75 Å². The van der Waals surface area contributed by atoms with E-state index in [1.54, 1.807) is 4.90 Å². The standard InChI is InChI=1S/C24H34N2O5/c1-23(2,3)31-22(28)26-10-8-24(9-11-26)12-21(27)25-13-19(24)18-6-4-5-7-20(18)30-16-17-14-29-15-17/h4-7,17,19H,8-16H2,1-3H3,(H,25,27)/t19-/m1/s1. The van der Waals surface area contributed by atoms with Crippen LogP contribution in [0.3, 0.4) is 0 Å². The van der Waals surface area contributed by atoms with E-state index in [0.717, 1.165) is 37.4 Å². The average molecular weight is 431 g/mol. The molecule has 3 saturated heterocycles.